The number of halogens is 3. The van der Waals surface area contributed by atoms with Crippen LogP contribution < -0.4 is 4.90 Å². The summed E-state index contributed by atoms with van der Waals surface area (Å²) in [4.78, 5) is 3.55. The van der Waals surface area contributed by atoms with Crippen LogP contribution in [0, 0.1) is 0 Å². The molecule has 1 aliphatic rings. The molecular weight excluding hydrogens is 329 g/mol. The highest BCUT2D eigenvalue weighted by Crippen LogP contribution is 2.32. The number of alkyl halides is 3. The number of piperazine rings is 1. The molecule has 130 valence electrons. The van der Waals surface area contributed by atoms with E-state index in [0.717, 1.165) is 18.7 Å². The van der Waals surface area contributed by atoms with Crippen LogP contribution in [0.5, 0.6) is 0 Å². The van der Waals surface area contributed by atoms with E-state index < -0.39 is 20.2 Å². The molecule has 0 radical (unpaired) electrons. The van der Waals surface area contributed by atoms with Crippen LogP contribution in [0.1, 0.15) is 20.8 Å². The molecule has 1 fully saturated rings. The maximum Gasteiger partial charge on any atom is 0.501 e. The average molecular weight is 350 g/mol. The van der Waals surface area contributed by atoms with Crippen LogP contribution >= 0.6 is 0 Å². The Bertz CT molecular complexity index is 649. The molecule has 0 aromatic heterocycles. The molecule has 0 unspecified atom stereocenters. The predicted molar refractivity (Wildman–Crippen MR) is 83.2 cm³/mol. The van der Waals surface area contributed by atoms with Crippen LogP contribution in [0.2, 0.25) is 0 Å². The molecule has 4 nitrogen and oxygen atoms in total. The highest BCUT2D eigenvalue weighted by atomic mass is 32.2. The van der Waals surface area contributed by atoms with Gasteiger partial charge in [0, 0.05) is 30.9 Å². The molecule has 0 saturated carbocycles. The summed E-state index contributed by atoms with van der Waals surface area (Å²) in [6.07, 6.45) is 0. The van der Waals surface area contributed by atoms with Crippen LogP contribution in [0.15, 0.2) is 29.2 Å². The fraction of sp³-hybridized carbons (Fsp3) is 0.600. The molecule has 1 aromatic carbocycles. The fourth-order valence-corrected chi connectivity index (χ4v) is 3.97. The number of hydrogen-bond acceptors (Lipinski definition) is 4. The zero-order valence-corrected chi connectivity index (χ0v) is 14.2. The van der Waals surface area contributed by atoms with Crippen molar-refractivity contribution in [2.75, 3.05) is 24.5 Å². The molecule has 1 saturated heterocycles. The molecule has 0 spiro atoms. The van der Waals surface area contributed by atoms with Gasteiger partial charge in [0.1, 0.15) is 0 Å². The van der Waals surface area contributed by atoms with E-state index in [9.17, 15) is 21.6 Å². The third-order valence-electron chi connectivity index (χ3n) is 4.26. The Hall–Kier alpha value is -1.28. The number of nitrogens with zero attached hydrogens (tertiary/aromatic N) is 2. The minimum absolute atomic E-state index is 0.242. The number of benzene rings is 1. The van der Waals surface area contributed by atoms with Gasteiger partial charge >= 0.3 is 5.51 Å². The van der Waals surface area contributed by atoms with Crippen LogP contribution in [0.25, 0.3) is 0 Å². The van der Waals surface area contributed by atoms with Crippen LogP contribution in [0.3, 0.4) is 0 Å². The molecule has 2 atom stereocenters. The van der Waals surface area contributed by atoms with Crippen molar-refractivity contribution in [3.05, 3.63) is 24.3 Å². The zero-order chi connectivity index (χ0) is 17.4. The molecular formula is C15H21F3N2O2S. The minimum atomic E-state index is -5.32. The highest BCUT2D eigenvalue weighted by molar-refractivity contribution is 7.92. The summed E-state index contributed by atoms with van der Waals surface area (Å²) in [5.41, 5.74) is -4.78. The van der Waals surface area contributed by atoms with Gasteiger partial charge in [-0.1, -0.05) is 13.0 Å². The van der Waals surface area contributed by atoms with Crippen molar-refractivity contribution in [1.82, 2.24) is 4.90 Å². The van der Waals surface area contributed by atoms with Crippen molar-refractivity contribution in [3.8, 4) is 0 Å². The Morgan fingerprint density at radius 3 is 2.22 bits per heavy atom. The third-order valence-corrected chi connectivity index (χ3v) is 5.75. The first-order chi connectivity index (χ1) is 10.6. The summed E-state index contributed by atoms with van der Waals surface area (Å²) < 4.78 is 61.2. The van der Waals surface area contributed by atoms with Crippen LogP contribution in [0.4, 0.5) is 18.9 Å². The highest BCUT2D eigenvalue weighted by Gasteiger charge is 2.47. The maximum atomic E-state index is 12.7. The largest absolute Gasteiger partial charge is 0.501 e. The molecule has 2 rings (SSSR count). The SMILES string of the molecule is CCN1[C@H](C)CN(c2cccc(S(=O)(=O)C(F)(F)F)c2)C[C@@H]1C. The number of sulfone groups is 1. The lowest BCUT2D eigenvalue weighted by molar-refractivity contribution is -0.0436. The lowest BCUT2D eigenvalue weighted by Crippen LogP contribution is -2.56. The van der Waals surface area contributed by atoms with Gasteiger partial charge in [0.15, 0.2) is 0 Å². The summed E-state index contributed by atoms with van der Waals surface area (Å²) in [6, 6.07) is 5.59. The molecule has 1 aromatic rings. The van der Waals surface area contributed by atoms with Gasteiger partial charge in [-0.15, -0.1) is 0 Å². The van der Waals surface area contributed by atoms with E-state index in [1.54, 1.807) is 6.07 Å². The smallest absolute Gasteiger partial charge is 0.368 e. The van der Waals surface area contributed by atoms with Crippen molar-refractivity contribution in [1.29, 1.82) is 0 Å². The Balaban J connectivity index is 2.31. The van der Waals surface area contributed by atoms with Crippen molar-refractivity contribution >= 4 is 15.5 Å². The van der Waals surface area contributed by atoms with E-state index in [4.69, 9.17) is 0 Å². The number of hydrogen-bond donors (Lipinski definition) is 0. The molecule has 1 heterocycles. The Labute approximate surface area is 134 Å². The minimum Gasteiger partial charge on any atom is -0.368 e. The van der Waals surface area contributed by atoms with E-state index in [0.29, 0.717) is 18.8 Å². The summed E-state index contributed by atoms with van der Waals surface area (Å²) in [5, 5.41) is 0. The van der Waals surface area contributed by atoms with E-state index in [2.05, 4.69) is 25.7 Å². The van der Waals surface area contributed by atoms with E-state index in [-0.39, 0.29) is 12.1 Å². The van der Waals surface area contributed by atoms with E-state index in [1.807, 2.05) is 4.90 Å². The van der Waals surface area contributed by atoms with Gasteiger partial charge < -0.3 is 4.90 Å². The van der Waals surface area contributed by atoms with E-state index in [1.165, 1.54) is 6.07 Å². The van der Waals surface area contributed by atoms with Gasteiger partial charge in [-0.2, -0.15) is 13.2 Å². The zero-order valence-electron chi connectivity index (χ0n) is 13.3. The fourth-order valence-electron chi connectivity index (χ4n) is 3.17. The van der Waals surface area contributed by atoms with Crippen molar-refractivity contribution in [2.45, 2.75) is 43.3 Å². The van der Waals surface area contributed by atoms with Gasteiger partial charge in [0.25, 0.3) is 9.84 Å². The lowest BCUT2D eigenvalue weighted by Gasteiger charge is -2.45. The van der Waals surface area contributed by atoms with Gasteiger partial charge in [-0.3, -0.25) is 4.90 Å². The topological polar surface area (TPSA) is 40.6 Å². The van der Waals surface area contributed by atoms with Crippen LogP contribution in [-0.2, 0) is 9.84 Å². The van der Waals surface area contributed by atoms with Gasteiger partial charge in [-0.25, -0.2) is 8.42 Å². The second-order valence-electron chi connectivity index (χ2n) is 5.88. The summed E-state index contributed by atoms with van der Waals surface area (Å²) in [5.74, 6) is 0. The van der Waals surface area contributed by atoms with Crippen molar-refractivity contribution in [3.63, 3.8) is 0 Å². The monoisotopic (exact) mass is 350 g/mol. The van der Waals surface area contributed by atoms with E-state index >= 15 is 0 Å². The third kappa shape index (κ3) is 3.47. The normalized spacial score (nSPS) is 24.0. The molecule has 1 aliphatic heterocycles. The average Bonchev–Trinajstić information content (AvgIpc) is 2.46. The molecule has 0 N–H and O–H groups in total. The molecule has 8 heteroatoms. The number of rotatable bonds is 3. The Kier molecular flexibility index (Phi) is 4.96. The molecule has 23 heavy (non-hydrogen) atoms. The first-order valence-corrected chi connectivity index (χ1v) is 8.98. The summed E-state index contributed by atoms with van der Waals surface area (Å²) >= 11 is 0. The quantitative estimate of drug-likeness (QED) is 0.840. The summed E-state index contributed by atoms with van der Waals surface area (Å²) in [6.45, 7) is 8.38. The summed E-state index contributed by atoms with van der Waals surface area (Å²) in [7, 11) is -5.32. The first kappa shape index (κ1) is 18.1. The maximum absolute atomic E-state index is 12.7. The first-order valence-electron chi connectivity index (χ1n) is 7.50. The van der Waals surface area contributed by atoms with Crippen molar-refractivity contribution < 1.29 is 21.6 Å². The van der Waals surface area contributed by atoms with Gasteiger partial charge in [0.2, 0.25) is 0 Å². The Morgan fingerprint density at radius 1 is 1.17 bits per heavy atom. The standard InChI is InChI=1S/C15H21F3N2O2S/c1-4-20-11(2)9-19(10-12(20)3)13-6-5-7-14(8-13)23(21,22)15(16,17)18/h5-8,11-12H,4,9-10H2,1-3H3/t11-,12+. The predicted octanol–water partition coefficient (Wildman–Crippen LogP) is 2.90. The number of likely N-dealkylation sites (N-methyl/N-ethyl adjacent to an activating group) is 1. The lowest BCUT2D eigenvalue weighted by atomic mass is 10.1. The van der Waals surface area contributed by atoms with Gasteiger partial charge in [0.05, 0.1) is 4.90 Å². The second kappa shape index (κ2) is 6.32. The van der Waals surface area contributed by atoms with Crippen LogP contribution in [-0.4, -0.2) is 50.5 Å². The molecule has 0 bridgehead atoms. The number of anilines is 1. The van der Waals surface area contributed by atoms with Gasteiger partial charge in [-0.05, 0) is 38.6 Å². The molecule has 0 aliphatic carbocycles. The molecule has 0 amide bonds. The van der Waals surface area contributed by atoms with Crippen molar-refractivity contribution in [2.24, 2.45) is 0 Å². The second-order valence-corrected chi connectivity index (χ2v) is 7.82. The Morgan fingerprint density at radius 2 is 1.74 bits per heavy atom.